The van der Waals surface area contributed by atoms with Gasteiger partial charge in [0.05, 0.1) is 6.61 Å². The third-order valence-electron chi connectivity index (χ3n) is 3.80. The summed E-state index contributed by atoms with van der Waals surface area (Å²) in [5.41, 5.74) is 1.17. The molecule has 2 aromatic carbocycles. The number of rotatable bonds is 6. The van der Waals surface area contributed by atoms with E-state index in [0.29, 0.717) is 6.61 Å². The molecular formula is C19H21NO2S. The van der Waals surface area contributed by atoms with E-state index in [1.165, 1.54) is 0 Å². The minimum Gasteiger partial charge on any atom is -0.377 e. The van der Waals surface area contributed by atoms with Gasteiger partial charge in [0, 0.05) is 26.8 Å². The molecule has 0 spiro atoms. The van der Waals surface area contributed by atoms with E-state index in [1.807, 2.05) is 36.4 Å². The highest BCUT2D eigenvalue weighted by molar-refractivity contribution is 7.24. The summed E-state index contributed by atoms with van der Waals surface area (Å²) < 4.78 is 7.79. The maximum absolute atomic E-state index is 12.7. The minimum absolute atomic E-state index is 0.115. The van der Waals surface area contributed by atoms with Crippen LogP contribution >= 0.6 is 11.3 Å². The second-order valence-corrected chi connectivity index (χ2v) is 7.05. The van der Waals surface area contributed by atoms with Gasteiger partial charge in [-0.15, -0.1) is 11.3 Å². The van der Waals surface area contributed by atoms with Crippen LogP contribution < -0.4 is 5.43 Å². The monoisotopic (exact) mass is 327 g/mol. The van der Waals surface area contributed by atoms with E-state index in [4.69, 9.17) is 4.74 Å². The molecule has 3 aromatic rings. The van der Waals surface area contributed by atoms with Crippen molar-refractivity contribution in [1.82, 2.24) is 4.90 Å². The van der Waals surface area contributed by atoms with Crippen LogP contribution in [0.25, 0.3) is 20.2 Å². The fourth-order valence-electron chi connectivity index (χ4n) is 2.61. The van der Waals surface area contributed by atoms with Gasteiger partial charge in [0.2, 0.25) is 0 Å². The molecule has 0 aliphatic heterocycles. The van der Waals surface area contributed by atoms with Crippen molar-refractivity contribution in [1.29, 1.82) is 0 Å². The van der Waals surface area contributed by atoms with Crippen molar-refractivity contribution in [3.05, 3.63) is 58.3 Å². The summed E-state index contributed by atoms with van der Waals surface area (Å²) in [5, 5.41) is 1.59. The zero-order valence-corrected chi connectivity index (χ0v) is 14.4. The van der Waals surface area contributed by atoms with Crippen molar-refractivity contribution in [2.75, 3.05) is 27.2 Å². The lowest BCUT2D eigenvalue weighted by Gasteiger charge is -2.09. The molecule has 3 nitrogen and oxygen atoms in total. The number of hydrogen-bond donors (Lipinski definition) is 0. The molecule has 0 bridgehead atoms. The van der Waals surface area contributed by atoms with Gasteiger partial charge >= 0.3 is 0 Å². The van der Waals surface area contributed by atoms with Crippen LogP contribution in [0.2, 0.25) is 0 Å². The SMILES string of the molecule is CN(C)CCCOCc1ccc2sc3ccccc3c(=O)c2c1. The molecule has 0 saturated carbocycles. The van der Waals surface area contributed by atoms with Crippen molar-refractivity contribution in [2.24, 2.45) is 0 Å². The molecule has 0 aliphatic rings. The van der Waals surface area contributed by atoms with E-state index >= 15 is 0 Å². The maximum Gasteiger partial charge on any atom is 0.195 e. The number of nitrogens with zero attached hydrogens (tertiary/aromatic N) is 1. The molecule has 0 atom stereocenters. The first kappa shape index (κ1) is 16.1. The van der Waals surface area contributed by atoms with Crippen molar-refractivity contribution >= 4 is 31.5 Å². The summed E-state index contributed by atoms with van der Waals surface area (Å²) in [7, 11) is 4.12. The molecule has 4 heteroatoms. The number of fused-ring (bicyclic) bond motifs is 2. The lowest BCUT2D eigenvalue weighted by Crippen LogP contribution is -2.14. The Hall–Kier alpha value is -1.75. The van der Waals surface area contributed by atoms with Crippen LogP contribution in [0.1, 0.15) is 12.0 Å². The molecule has 0 fully saturated rings. The van der Waals surface area contributed by atoms with Gasteiger partial charge in [-0.25, -0.2) is 0 Å². The van der Waals surface area contributed by atoms with E-state index in [9.17, 15) is 4.79 Å². The van der Waals surface area contributed by atoms with Crippen LogP contribution in [0.3, 0.4) is 0 Å². The molecule has 23 heavy (non-hydrogen) atoms. The predicted molar refractivity (Wildman–Crippen MR) is 98.4 cm³/mol. The van der Waals surface area contributed by atoms with Gasteiger partial charge in [-0.05, 0) is 56.9 Å². The maximum atomic E-state index is 12.7. The highest BCUT2D eigenvalue weighted by atomic mass is 32.1. The number of hydrogen-bond acceptors (Lipinski definition) is 4. The summed E-state index contributed by atoms with van der Waals surface area (Å²) >= 11 is 1.66. The average molecular weight is 327 g/mol. The van der Waals surface area contributed by atoms with Gasteiger partial charge in [0.25, 0.3) is 0 Å². The fraction of sp³-hybridized carbons (Fsp3) is 0.316. The molecule has 0 saturated heterocycles. The fourth-order valence-corrected chi connectivity index (χ4v) is 3.66. The molecule has 0 unspecified atom stereocenters. The Morgan fingerprint density at radius 3 is 2.65 bits per heavy atom. The molecular weight excluding hydrogens is 306 g/mol. The van der Waals surface area contributed by atoms with Gasteiger partial charge in [-0.2, -0.15) is 0 Å². The zero-order valence-electron chi connectivity index (χ0n) is 13.5. The number of ether oxygens (including phenoxy) is 1. The van der Waals surface area contributed by atoms with Gasteiger partial charge < -0.3 is 9.64 Å². The first-order valence-electron chi connectivity index (χ1n) is 7.82. The summed E-state index contributed by atoms with van der Waals surface area (Å²) in [6, 6.07) is 13.9. The van der Waals surface area contributed by atoms with Gasteiger partial charge in [-0.3, -0.25) is 4.79 Å². The van der Waals surface area contributed by atoms with E-state index in [1.54, 1.807) is 11.3 Å². The van der Waals surface area contributed by atoms with Crippen molar-refractivity contribution < 1.29 is 4.74 Å². The largest absolute Gasteiger partial charge is 0.377 e. The van der Waals surface area contributed by atoms with E-state index in [-0.39, 0.29) is 5.43 Å². The molecule has 0 amide bonds. The normalized spacial score (nSPS) is 11.6. The van der Waals surface area contributed by atoms with Crippen LogP contribution in [0, 0.1) is 0 Å². The van der Waals surface area contributed by atoms with Crippen LogP contribution in [0.15, 0.2) is 47.3 Å². The summed E-state index contributed by atoms with van der Waals surface area (Å²) in [6.45, 7) is 2.32. The van der Waals surface area contributed by atoms with Crippen LogP contribution in [0.5, 0.6) is 0 Å². The van der Waals surface area contributed by atoms with Crippen LogP contribution in [-0.2, 0) is 11.3 Å². The van der Waals surface area contributed by atoms with Gasteiger partial charge in [-0.1, -0.05) is 18.2 Å². The minimum atomic E-state index is 0.115. The highest BCUT2D eigenvalue weighted by Gasteiger charge is 2.06. The Morgan fingerprint density at radius 2 is 1.83 bits per heavy atom. The summed E-state index contributed by atoms with van der Waals surface area (Å²) in [5.74, 6) is 0. The molecule has 0 aliphatic carbocycles. The van der Waals surface area contributed by atoms with Gasteiger partial charge in [0.1, 0.15) is 0 Å². The van der Waals surface area contributed by atoms with Crippen LogP contribution in [-0.4, -0.2) is 32.1 Å². The molecule has 1 heterocycles. The highest BCUT2D eigenvalue weighted by Crippen LogP contribution is 2.25. The second kappa shape index (κ2) is 7.21. The Labute approximate surface area is 140 Å². The first-order chi connectivity index (χ1) is 11.1. The third-order valence-corrected chi connectivity index (χ3v) is 4.95. The quantitative estimate of drug-likeness (QED) is 0.508. The van der Waals surface area contributed by atoms with Gasteiger partial charge in [0.15, 0.2) is 5.43 Å². The lowest BCUT2D eigenvalue weighted by molar-refractivity contribution is 0.113. The summed E-state index contributed by atoms with van der Waals surface area (Å²) in [4.78, 5) is 14.8. The van der Waals surface area contributed by atoms with Crippen molar-refractivity contribution in [3.8, 4) is 0 Å². The molecule has 3 rings (SSSR count). The lowest BCUT2D eigenvalue weighted by atomic mass is 10.1. The molecule has 0 radical (unpaired) electrons. The smallest absolute Gasteiger partial charge is 0.195 e. The topological polar surface area (TPSA) is 29.5 Å². The van der Waals surface area contributed by atoms with E-state index in [2.05, 4.69) is 25.1 Å². The Kier molecular flexibility index (Phi) is 5.06. The molecule has 1 aromatic heterocycles. The Bertz CT molecular complexity index is 870. The van der Waals surface area contributed by atoms with Crippen molar-refractivity contribution in [2.45, 2.75) is 13.0 Å². The predicted octanol–water partition coefficient (Wildman–Crippen LogP) is 3.88. The number of benzene rings is 2. The Balaban J connectivity index is 1.80. The van der Waals surface area contributed by atoms with E-state index < -0.39 is 0 Å². The standard InChI is InChI=1S/C19H21NO2S/c1-20(2)10-5-11-22-13-14-8-9-18-16(12-14)19(21)15-6-3-4-7-17(15)23-18/h3-4,6-9,12H,5,10-11,13H2,1-2H3. The first-order valence-corrected chi connectivity index (χ1v) is 8.64. The second-order valence-electron chi connectivity index (χ2n) is 5.97. The zero-order chi connectivity index (χ0) is 16.2. The van der Waals surface area contributed by atoms with Crippen LogP contribution in [0.4, 0.5) is 0 Å². The molecule has 120 valence electrons. The average Bonchev–Trinajstić information content (AvgIpc) is 2.55. The van der Waals surface area contributed by atoms with E-state index in [0.717, 1.165) is 45.3 Å². The molecule has 0 N–H and O–H groups in total. The van der Waals surface area contributed by atoms with Crippen molar-refractivity contribution in [3.63, 3.8) is 0 Å². The third kappa shape index (κ3) is 3.78. The Morgan fingerprint density at radius 1 is 1.04 bits per heavy atom. The summed E-state index contributed by atoms with van der Waals surface area (Å²) in [6.07, 6.45) is 1.01.